The fraction of sp³-hybridized carbons (Fsp3) is 0.310. The highest BCUT2D eigenvalue weighted by atomic mass is 35.5. The summed E-state index contributed by atoms with van der Waals surface area (Å²) in [5, 5.41) is 3.87. The van der Waals surface area contributed by atoms with Gasteiger partial charge in [0.15, 0.2) is 0 Å². The minimum Gasteiger partial charge on any atom is -0.354 e. The van der Waals surface area contributed by atoms with E-state index in [1.54, 1.807) is 43.3 Å². The monoisotopic (exact) mass is 657 g/mol. The lowest BCUT2D eigenvalue weighted by molar-refractivity contribution is -0.140. The van der Waals surface area contributed by atoms with E-state index >= 15 is 0 Å². The summed E-state index contributed by atoms with van der Waals surface area (Å²) in [5.74, 6) is -0.758. The third kappa shape index (κ3) is 8.52. The highest BCUT2D eigenvalue weighted by Crippen LogP contribution is 2.31. The summed E-state index contributed by atoms with van der Waals surface area (Å²) in [4.78, 5) is 28.7. The van der Waals surface area contributed by atoms with E-state index in [4.69, 9.17) is 46.4 Å². The second-order valence-electron chi connectivity index (χ2n) is 9.76. The van der Waals surface area contributed by atoms with Gasteiger partial charge in [0.2, 0.25) is 11.8 Å². The molecule has 0 aliphatic heterocycles. The molecule has 7 nitrogen and oxygen atoms in total. The number of benzene rings is 3. The number of carbonyl (C=O) groups is 2. The van der Waals surface area contributed by atoms with Crippen LogP contribution in [-0.4, -0.2) is 44.3 Å². The third-order valence-electron chi connectivity index (χ3n) is 6.21. The zero-order chi connectivity index (χ0) is 30.3. The van der Waals surface area contributed by atoms with Gasteiger partial charge < -0.3 is 10.2 Å². The molecule has 1 N–H and O–H groups in total. The van der Waals surface area contributed by atoms with E-state index in [-0.39, 0.29) is 50.4 Å². The van der Waals surface area contributed by atoms with Crippen molar-refractivity contribution in [1.82, 2.24) is 10.2 Å². The van der Waals surface area contributed by atoms with Crippen molar-refractivity contribution >= 4 is 73.9 Å². The summed E-state index contributed by atoms with van der Waals surface area (Å²) >= 11 is 24.7. The van der Waals surface area contributed by atoms with Gasteiger partial charge >= 0.3 is 0 Å². The van der Waals surface area contributed by atoms with Crippen molar-refractivity contribution in [3.8, 4) is 0 Å². The highest BCUT2D eigenvalue weighted by molar-refractivity contribution is 7.92. The number of halogens is 4. The Bertz CT molecular complexity index is 1490. The minimum atomic E-state index is -4.23. The van der Waals surface area contributed by atoms with Gasteiger partial charge in [0.25, 0.3) is 10.0 Å². The van der Waals surface area contributed by atoms with Crippen LogP contribution in [0.15, 0.2) is 71.6 Å². The molecule has 0 bridgehead atoms. The molecule has 0 aliphatic carbocycles. The number of sulfonamides is 1. The van der Waals surface area contributed by atoms with Crippen molar-refractivity contribution in [3.05, 3.63) is 92.4 Å². The Hall–Kier alpha value is -2.49. The predicted octanol–water partition coefficient (Wildman–Crippen LogP) is 7.08. The second-order valence-corrected chi connectivity index (χ2v) is 13.2. The third-order valence-corrected chi connectivity index (χ3v) is 9.47. The smallest absolute Gasteiger partial charge is 0.264 e. The Kier molecular flexibility index (Phi) is 11.8. The van der Waals surface area contributed by atoms with E-state index in [9.17, 15) is 18.0 Å². The maximum atomic E-state index is 14.1. The number of rotatable bonds is 12. The Morgan fingerprint density at radius 2 is 1.46 bits per heavy atom. The number of nitrogens with one attached hydrogen (secondary N) is 1. The van der Waals surface area contributed by atoms with Gasteiger partial charge in [0, 0.05) is 13.1 Å². The van der Waals surface area contributed by atoms with E-state index in [0.717, 1.165) is 4.31 Å². The van der Waals surface area contributed by atoms with Crippen LogP contribution in [0.5, 0.6) is 0 Å². The molecule has 0 spiro atoms. The summed E-state index contributed by atoms with van der Waals surface area (Å²) in [5.41, 5.74) is 0.762. The molecule has 0 saturated carbocycles. The SMILES string of the molecule is CC[C@H](C(=O)NCC(C)C)N(Cc1ccc(Cl)c(Cl)c1)C(=O)CN(c1ccc(Cl)c(Cl)c1)S(=O)(=O)c1ccccc1. The Morgan fingerprint density at radius 1 is 0.854 bits per heavy atom. The summed E-state index contributed by atoms with van der Waals surface area (Å²) in [6.07, 6.45) is 0.287. The quantitative estimate of drug-likeness (QED) is 0.225. The Balaban J connectivity index is 2.07. The number of anilines is 1. The van der Waals surface area contributed by atoms with Gasteiger partial charge in [-0.1, -0.05) is 91.4 Å². The molecule has 2 amide bonds. The van der Waals surface area contributed by atoms with Crippen LogP contribution in [0.2, 0.25) is 20.1 Å². The van der Waals surface area contributed by atoms with Gasteiger partial charge in [0.1, 0.15) is 12.6 Å². The lowest BCUT2D eigenvalue weighted by atomic mass is 10.1. The van der Waals surface area contributed by atoms with E-state index in [2.05, 4.69) is 5.32 Å². The molecule has 0 heterocycles. The Labute approximate surface area is 261 Å². The fourth-order valence-corrected chi connectivity index (χ4v) is 6.11. The molecule has 0 radical (unpaired) electrons. The lowest BCUT2D eigenvalue weighted by Crippen LogP contribution is -2.52. The molecule has 0 unspecified atom stereocenters. The van der Waals surface area contributed by atoms with Crippen LogP contribution in [0.1, 0.15) is 32.8 Å². The topological polar surface area (TPSA) is 86.8 Å². The van der Waals surface area contributed by atoms with Crippen LogP contribution >= 0.6 is 46.4 Å². The van der Waals surface area contributed by atoms with Crippen molar-refractivity contribution in [1.29, 1.82) is 0 Å². The van der Waals surface area contributed by atoms with Crippen molar-refractivity contribution in [2.75, 3.05) is 17.4 Å². The minimum absolute atomic E-state index is 0.00999. The first-order chi connectivity index (χ1) is 19.3. The maximum Gasteiger partial charge on any atom is 0.264 e. The predicted molar refractivity (Wildman–Crippen MR) is 166 cm³/mol. The van der Waals surface area contributed by atoms with Crippen LogP contribution in [0.4, 0.5) is 5.69 Å². The first kappa shape index (κ1) is 33.0. The number of nitrogens with zero attached hydrogens (tertiary/aromatic N) is 2. The molecular formula is C29H31Cl4N3O4S. The van der Waals surface area contributed by atoms with E-state index < -0.39 is 28.5 Å². The molecule has 0 fully saturated rings. The first-order valence-corrected chi connectivity index (χ1v) is 15.8. The molecule has 0 saturated heterocycles. The van der Waals surface area contributed by atoms with Gasteiger partial charge in [-0.3, -0.25) is 13.9 Å². The van der Waals surface area contributed by atoms with Crippen molar-refractivity contribution in [3.63, 3.8) is 0 Å². The molecular weight excluding hydrogens is 628 g/mol. The molecule has 0 aromatic heterocycles. The molecule has 12 heteroatoms. The standard InChI is InChI=1S/C29H31Cl4N3O4S/c1-4-27(29(38)34-16-19(2)3)35(17-20-10-12-23(30)25(32)14-20)28(37)18-36(21-11-13-24(31)26(33)15-21)41(39,40)22-8-6-5-7-9-22/h5-15,19,27H,4,16-18H2,1-3H3,(H,34,38)/t27-/m1/s1. The van der Waals surface area contributed by atoms with Crippen molar-refractivity contribution in [2.24, 2.45) is 5.92 Å². The van der Waals surface area contributed by atoms with Crippen LogP contribution in [0.3, 0.4) is 0 Å². The van der Waals surface area contributed by atoms with Gasteiger partial charge in [-0.2, -0.15) is 0 Å². The highest BCUT2D eigenvalue weighted by Gasteiger charge is 2.34. The molecule has 41 heavy (non-hydrogen) atoms. The van der Waals surface area contributed by atoms with Gasteiger partial charge in [0.05, 0.1) is 30.7 Å². The summed E-state index contributed by atoms with van der Waals surface area (Å²) in [6.45, 7) is 5.51. The van der Waals surface area contributed by atoms with Gasteiger partial charge in [-0.25, -0.2) is 8.42 Å². The van der Waals surface area contributed by atoms with Crippen molar-refractivity contribution in [2.45, 2.75) is 44.7 Å². The fourth-order valence-electron chi connectivity index (χ4n) is 4.07. The number of hydrogen-bond donors (Lipinski definition) is 1. The van der Waals surface area contributed by atoms with E-state index in [1.807, 2.05) is 13.8 Å². The van der Waals surface area contributed by atoms with Crippen LogP contribution in [-0.2, 0) is 26.2 Å². The summed E-state index contributed by atoms with van der Waals surface area (Å²) in [6, 6.07) is 16.1. The van der Waals surface area contributed by atoms with Crippen LogP contribution in [0.25, 0.3) is 0 Å². The average Bonchev–Trinajstić information content (AvgIpc) is 2.94. The van der Waals surface area contributed by atoms with Gasteiger partial charge in [-0.15, -0.1) is 0 Å². The zero-order valence-corrected chi connectivity index (χ0v) is 26.6. The van der Waals surface area contributed by atoms with E-state index in [1.165, 1.54) is 35.2 Å². The average molecular weight is 659 g/mol. The van der Waals surface area contributed by atoms with Crippen LogP contribution in [0, 0.1) is 5.92 Å². The van der Waals surface area contributed by atoms with Gasteiger partial charge in [-0.05, 0) is 60.4 Å². The number of hydrogen-bond acceptors (Lipinski definition) is 4. The first-order valence-electron chi connectivity index (χ1n) is 12.9. The van der Waals surface area contributed by atoms with Crippen LogP contribution < -0.4 is 9.62 Å². The largest absolute Gasteiger partial charge is 0.354 e. The summed E-state index contributed by atoms with van der Waals surface area (Å²) < 4.78 is 28.7. The summed E-state index contributed by atoms with van der Waals surface area (Å²) in [7, 11) is -4.23. The molecule has 3 aromatic carbocycles. The van der Waals surface area contributed by atoms with Crippen molar-refractivity contribution < 1.29 is 18.0 Å². The zero-order valence-electron chi connectivity index (χ0n) is 22.8. The normalized spacial score (nSPS) is 12.2. The number of carbonyl (C=O) groups excluding carboxylic acids is 2. The molecule has 1 atom stereocenters. The second kappa shape index (κ2) is 14.6. The maximum absolute atomic E-state index is 14.1. The van der Waals surface area contributed by atoms with E-state index in [0.29, 0.717) is 17.1 Å². The molecule has 220 valence electrons. The molecule has 3 rings (SSSR count). The number of amides is 2. The molecule has 3 aromatic rings. The Morgan fingerprint density at radius 3 is 2.02 bits per heavy atom. The molecule has 0 aliphatic rings. The lowest BCUT2D eigenvalue weighted by Gasteiger charge is -2.33.